The monoisotopic (exact) mass is 434 g/mol. The summed E-state index contributed by atoms with van der Waals surface area (Å²) in [5, 5.41) is 0. The van der Waals surface area contributed by atoms with Gasteiger partial charge in [0.25, 0.3) is 5.91 Å². The molecule has 0 unspecified atom stereocenters. The molecule has 1 aromatic carbocycles. The third-order valence-corrected chi connectivity index (χ3v) is 6.85. The van der Waals surface area contributed by atoms with Gasteiger partial charge in [0.05, 0.1) is 10.5 Å². The molecule has 1 amide bonds. The number of sulfonamides is 1. The lowest BCUT2D eigenvalue weighted by Crippen LogP contribution is -2.46. The van der Waals surface area contributed by atoms with Gasteiger partial charge in [-0.1, -0.05) is 0 Å². The maximum absolute atomic E-state index is 13.0. The number of nitrogens with one attached hydrogen (secondary N) is 1. The maximum Gasteiger partial charge on any atom is 0.255 e. The van der Waals surface area contributed by atoms with E-state index in [0.29, 0.717) is 31.5 Å². The molecule has 3 rings (SSSR count). The number of amides is 1. The van der Waals surface area contributed by atoms with Crippen molar-refractivity contribution in [2.75, 3.05) is 31.1 Å². The van der Waals surface area contributed by atoms with Gasteiger partial charge in [0.15, 0.2) is 0 Å². The number of carbonyl (C=O) groups excluding carboxylic acids is 1. The minimum Gasteiger partial charge on any atom is -0.357 e. The van der Waals surface area contributed by atoms with E-state index < -0.39 is 15.8 Å². The van der Waals surface area contributed by atoms with Gasteiger partial charge < -0.3 is 9.80 Å². The number of halogens is 1. The Hall–Kier alpha value is -2.52. The molecule has 0 bridgehead atoms. The van der Waals surface area contributed by atoms with E-state index in [2.05, 4.69) is 28.5 Å². The fourth-order valence-electron chi connectivity index (χ4n) is 3.53. The van der Waals surface area contributed by atoms with Gasteiger partial charge in [-0.25, -0.2) is 22.5 Å². The van der Waals surface area contributed by atoms with Crippen LogP contribution in [0.2, 0.25) is 0 Å². The highest BCUT2D eigenvalue weighted by molar-refractivity contribution is 7.89. The number of likely N-dealkylation sites (tertiary alicyclic amines) is 1. The second-order valence-electron chi connectivity index (χ2n) is 7.22. The molecule has 162 valence electrons. The first kappa shape index (κ1) is 22.2. The Balaban J connectivity index is 1.57. The summed E-state index contributed by atoms with van der Waals surface area (Å²) in [6.45, 7) is 6.70. The molecule has 2 aromatic rings. The highest BCUT2D eigenvalue weighted by atomic mass is 32.2. The Morgan fingerprint density at radius 3 is 2.30 bits per heavy atom. The molecule has 1 aromatic heterocycles. The van der Waals surface area contributed by atoms with E-state index in [4.69, 9.17) is 0 Å². The molecule has 0 saturated carbocycles. The number of benzene rings is 1. The second-order valence-corrected chi connectivity index (χ2v) is 8.93. The smallest absolute Gasteiger partial charge is 0.255 e. The lowest BCUT2D eigenvalue weighted by Gasteiger charge is -2.32. The Kier molecular flexibility index (Phi) is 7.04. The van der Waals surface area contributed by atoms with Crippen LogP contribution in [0.15, 0.2) is 47.5 Å². The van der Waals surface area contributed by atoms with Crippen LogP contribution in [0.3, 0.4) is 0 Å². The zero-order chi connectivity index (χ0) is 21.7. The van der Waals surface area contributed by atoms with Crippen molar-refractivity contribution in [2.24, 2.45) is 0 Å². The van der Waals surface area contributed by atoms with Crippen molar-refractivity contribution in [3.63, 3.8) is 0 Å². The molecule has 0 spiro atoms. The Morgan fingerprint density at radius 2 is 1.77 bits per heavy atom. The van der Waals surface area contributed by atoms with Crippen molar-refractivity contribution in [1.29, 1.82) is 0 Å². The summed E-state index contributed by atoms with van der Waals surface area (Å²) < 4.78 is 40.6. The summed E-state index contributed by atoms with van der Waals surface area (Å²) in [7, 11) is -3.72. The first-order valence-electron chi connectivity index (χ1n) is 10.1. The Labute approximate surface area is 177 Å². The number of hydrogen-bond acceptors (Lipinski definition) is 5. The summed E-state index contributed by atoms with van der Waals surface area (Å²) in [4.78, 5) is 21.0. The number of hydrogen-bond donors (Lipinski definition) is 1. The van der Waals surface area contributed by atoms with Crippen LogP contribution in [-0.2, 0) is 10.0 Å². The van der Waals surface area contributed by atoms with Gasteiger partial charge in [0, 0.05) is 38.4 Å². The zero-order valence-electron chi connectivity index (χ0n) is 17.2. The molecule has 1 fully saturated rings. The average Bonchev–Trinajstić information content (AvgIpc) is 2.75. The lowest BCUT2D eigenvalue weighted by atomic mass is 10.1. The minimum absolute atomic E-state index is 0.0294. The van der Waals surface area contributed by atoms with E-state index >= 15 is 0 Å². The number of piperidine rings is 1. The molecule has 30 heavy (non-hydrogen) atoms. The molecular weight excluding hydrogens is 407 g/mol. The SMILES string of the molecule is CCN(CC)c1ccc(C(=O)N2CCC(NS(=O)(=O)c3ccc(F)cc3)CC2)cn1. The molecule has 7 nitrogen and oxygen atoms in total. The molecule has 0 atom stereocenters. The topological polar surface area (TPSA) is 82.6 Å². The maximum atomic E-state index is 13.0. The normalized spacial score (nSPS) is 15.2. The number of carbonyl (C=O) groups is 1. The first-order valence-corrected chi connectivity index (χ1v) is 11.6. The highest BCUT2D eigenvalue weighted by Crippen LogP contribution is 2.18. The molecule has 1 N–H and O–H groups in total. The molecule has 1 aliphatic rings. The Bertz CT molecular complexity index is 953. The number of anilines is 1. The number of rotatable bonds is 7. The van der Waals surface area contributed by atoms with E-state index in [9.17, 15) is 17.6 Å². The van der Waals surface area contributed by atoms with Crippen molar-refractivity contribution in [3.8, 4) is 0 Å². The van der Waals surface area contributed by atoms with Crippen molar-refractivity contribution >= 4 is 21.7 Å². The molecule has 0 aliphatic carbocycles. The molecule has 1 saturated heterocycles. The van der Waals surface area contributed by atoms with Crippen LogP contribution < -0.4 is 9.62 Å². The van der Waals surface area contributed by atoms with Gasteiger partial charge in [-0.15, -0.1) is 0 Å². The number of aromatic nitrogens is 1. The predicted octanol–water partition coefficient (Wildman–Crippen LogP) is 2.65. The van der Waals surface area contributed by atoms with Gasteiger partial charge in [0.2, 0.25) is 10.0 Å². The second kappa shape index (κ2) is 9.53. The van der Waals surface area contributed by atoms with E-state index in [1.807, 2.05) is 6.07 Å². The highest BCUT2D eigenvalue weighted by Gasteiger charge is 2.27. The number of pyridine rings is 1. The minimum atomic E-state index is -3.72. The summed E-state index contributed by atoms with van der Waals surface area (Å²) in [6.07, 6.45) is 2.62. The summed E-state index contributed by atoms with van der Waals surface area (Å²) in [6, 6.07) is 8.09. The molecule has 0 radical (unpaired) electrons. The molecular formula is C21H27FN4O3S. The van der Waals surface area contributed by atoms with E-state index in [1.165, 1.54) is 12.1 Å². The van der Waals surface area contributed by atoms with Crippen molar-refractivity contribution in [1.82, 2.24) is 14.6 Å². The lowest BCUT2D eigenvalue weighted by molar-refractivity contribution is 0.0711. The van der Waals surface area contributed by atoms with Crippen molar-refractivity contribution in [3.05, 3.63) is 54.0 Å². The standard InChI is InChI=1S/C21H27FN4O3S/c1-3-25(4-2)20-10-5-16(15-23-20)21(27)26-13-11-18(12-14-26)24-30(28,29)19-8-6-17(22)7-9-19/h5-10,15,18,24H,3-4,11-14H2,1-2H3. The van der Waals surface area contributed by atoms with E-state index in [-0.39, 0.29) is 16.8 Å². The molecule has 9 heteroatoms. The third kappa shape index (κ3) is 5.14. The number of nitrogens with zero attached hydrogens (tertiary/aromatic N) is 3. The van der Waals surface area contributed by atoms with Crippen LogP contribution in [0.5, 0.6) is 0 Å². The van der Waals surface area contributed by atoms with Crippen LogP contribution in [0, 0.1) is 5.82 Å². The predicted molar refractivity (Wildman–Crippen MR) is 113 cm³/mol. The van der Waals surface area contributed by atoms with Crippen LogP contribution in [0.25, 0.3) is 0 Å². The summed E-state index contributed by atoms with van der Waals surface area (Å²) in [5.74, 6) is 0.249. The fourth-order valence-corrected chi connectivity index (χ4v) is 4.84. The van der Waals surface area contributed by atoms with Gasteiger partial charge in [-0.2, -0.15) is 0 Å². The van der Waals surface area contributed by atoms with E-state index in [0.717, 1.165) is 31.0 Å². The summed E-state index contributed by atoms with van der Waals surface area (Å²) in [5.41, 5.74) is 0.524. The van der Waals surface area contributed by atoms with Crippen molar-refractivity contribution < 1.29 is 17.6 Å². The molecule has 1 aliphatic heterocycles. The Morgan fingerprint density at radius 1 is 1.13 bits per heavy atom. The summed E-state index contributed by atoms with van der Waals surface area (Å²) >= 11 is 0. The first-order chi connectivity index (χ1) is 14.3. The third-order valence-electron chi connectivity index (χ3n) is 5.31. The van der Waals surface area contributed by atoms with Gasteiger partial charge >= 0.3 is 0 Å². The molecule has 2 heterocycles. The van der Waals surface area contributed by atoms with Crippen LogP contribution >= 0.6 is 0 Å². The zero-order valence-corrected chi connectivity index (χ0v) is 18.0. The van der Waals surface area contributed by atoms with Crippen LogP contribution in [0.4, 0.5) is 10.2 Å². The largest absolute Gasteiger partial charge is 0.357 e. The quantitative estimate of drug-likeness (QED) is 0.725. The average molecular weight is 435 g/mol. The van der Waals surface area contributed by atoms with E-state index in [1.54, 1.807) is 17.2 Å². The van der Waals surface area contributed by atoms with Crippen LogP contribution in [-0.4, -0.2) is 56.4 Å². The van der Waals surface area contributed by atoms with Crippen molar-refractivity contribution in [2.45, 2.75) is 37.6 Å². The fraction of sp³-hybridized carbons (Fsp3) is 0.429. The van der Waals surface area contributed by atoms with Crippen LogP contribution in [0.1, 0.15) is 37.0 Å². The van der Waals surface area contributed by atoms with Gasteiger partial charge in [-0.05, 0) is 63.1 Å². The van der Waals surface area contributed by atoms with Gasteiger partial charge in [-0.3, -0.25) is 4.79 Å². The van der Waals surface area contributed by atoms with Gasteiger partial charge in [0.1, 0.15) is 11.6 Å².